The van der Waals surface area contributed by atoms with Crippen molar-refractivity contribution < 1.29 is 9.59 Å². The second-order valence-corrected chi connectivity index (χ2v) is 8.39. The van der Waals surface area contributed by atoms with Gasteiger partial charge in [0.05, 0.1) is 12.2 Å². The second kappa shape index (κ2) is 10.4. The number of carbonyl (C=O) groups is 2. The molecule has 0 atom stereocenters. The Balaban J connectivity index is 1.31. The van der Waals surface area contributed by atoms with Crippen molar-refractivity contribution in [3.8, 4) is 0 Å². The maximum Gasteiger partial charge on any atom is 0.241 e. The predicted octanol–water partition coefficient (Wildman–Crippen LogP) is 4.22. The van der Waals surface area contributed by atoms with E-state index >= 15 is 0 Å². The average Bonchev–Trinajstić information content (AvgIpc) is 2.84. The van der Waals surface area contributed by atoms with Gasteiger partial charge in [-0.2, -0.15) is 0 Å². The van der Waals surface area contributed by atoms with Gasteiger partial charge in [0.25, 0.3) is 0 Å². The van der Waals surface area contributed by atoms with Crippen LogP contribution in [0.5, 0.6) is 0 Å². The Bertz CT molecular complexity index is 1050. The number of anilines is 1. The van der Waals surface area contributed by atoms with Crippen molar-refractivity contribution in [1.82, 2.24) is 10.2 Å². The lowest BCUT2D eigenvalue weighted by Gasteiger charge is -2.32. The lowest BCUT2D eigenvalue weighted by Crippen LogP contribution is -2.45. The summed E-state index contributed by atoms with van der Waals surface area (Å²) in [5.41, 5.74) is 2.07. The van der Waals surface area contributed by atoms with Gasteiger partial charge in [0.1, 0.15) is 0 Å². The highest BCUT2D eigenvalue weighted by Gasteiger charge is 2.27. The number of amides is 2. The van der Waals surface area contributed by atoms with Gasteiger partial charge < -0.3 is 10.2 Å². The van der Waals surface area contributed by atoms with Crippen molar-refractivity contribution in [2.24, 2.45) is 5.92 Å². The summed E-state index contributed by atoms with van der Waals surface area (Å²) in [4.78, 5) is 29.8. The van der Waals surface area contributed by atoms with E-state index in [4.69, 9.17) is 0 Å². The molecular weight excluding hydrogens is 398 g/mol. The predicted molar refractivity (Wildman–Crippen MR) is 129 cm³/mol. The number of carbonyl (C=O) groups excluding carboxylic acids is 2. The fraction of sp³-hybridized carbons (Fsp3) is 0.333. The summed E-state index contributed by atoms with van der Waals surface area (Å²) in [6.07, 6.45) is 1.57. The molecule has 1 aliphatic heterocycles. The summed E-state index contributed by atoms with van der Waals surface area (Å²) < 4.78 is 0. The number of rotatable bonds is 7. The highest BCUT2D eigenvalue weighted by atomic mass is 16.2. The number of piperidine rings is 1. The van der Waals surface area contributed by atoms with Crippen LogP contribution in [-0.2, 0) is 16.1 Å². The smallest absolute Gasteiger partial charge is 0.241 e. The fourth-order valence-electron chi connectivity index (χ4n) is 4.48. The van der Waals surface area contributed by atoms with Gasteiger partial charge in [-0.1, -0.05) is 66.7 Å². The standard InChI is InChI=1S/C27H31N3O2/c1-2-30(25-14-8-12-22-11-6-7-13-24(22)25)26(31)20-29-17-15-23(16-18-29)27(32)28-19-21-9-4-3-5-10-21/h3-14,23H,2,15-20H2,1H3,(H,28,32). The number of nitrogens with one attached hydrogen (secondary N) is 1. The number of fused-ring (bicyclic) bond motifs is 1. The average molecular weight is 430 g/mol. The molecule has 3 aromatic rings. The largest absolute Gasteiger partial charge is 0.352 e. The van der Waals surface area contributed by atoms with Crippen LogP contribution in [0, 0.1) is 5.92 Å². The summed E-state index contributed by atoms with van der Waals surface area (Å²) in [6, 6.07) is 24.2. The van der Waals surface area contributed by atoms with Crippen LogP contribution in [0.4, 0.5) is 5.69 Å². The van der Waals surface area contributed by atoms with Crippen molar-refractivity contribution in [1.29, 1.82) is 0 Å². The molecule has 166 valence electrons. The maximum absolute atomic E-state index is 13.2. The Morgan fingerprint density at radius 1 is 0.938 bits per heavy atom. The highest BCUT2D eigenvalue weighted by molar-refractivity contribution is 6.04. The SMILES string of the molecule is CCN(C(=O)CN1CCC(C(=O)NCc2ccccc2)CC1)c1cccc2ccccc12. The Morgan fingerprint density at radius 2 is 1.62 bits per heavy atom. The van der Waals surface area contributed by atoms with Crippen molar-refractivity contribution in [2.45, 2.75) is 26.3 Å². The first kappa shape index (κ1) is 22.0. The Hall–Kier alpha value is -3.18. The zero-order chi connectivity index (χ0) is 22.3. The molecule has 0 bridgehead atoms. The monoisotopic (exact) mass is 429 g/mol. The number of likely N-dealkylation sites (N-methyl/N-ethyl adjacent to an activating group) is 1. The molecule has 3 aromatic carbocycles. The van der Waals surface area contributed by atoms with E-state index in [0.717, 1.165) is 48.0 Å². The van der Waals surface area contributed by atoms with Crippen LogP contribution in [-0.4, -0.2) is 42.9 Å². The third kappa shape index (κ3) is 5.17. The van der Waals surface area contributed by atoms with Crippen LogP contribution >= 0.6 is 0 Å². The Kier molecular flexibility index (Phi) is 7.17. The van der Waals surface area contributed by atoms with Crippen LogP contribution in [0.15, 0.2) is 72.8 Å². The van der Waals surface area contributed by atoms with Gasteiger partial charge in [-0.05, 0) is 49.9 Å². The highest BCUT2D eigenvalue weighted by Crippen LogP contribution is 2.27. The number of hydrogen-bond donors (Lipinski definition) is 1. The molecule has 0 aromatic heterocycles. The molecule has 2 amide bonds. The number of benzene rings is 3. The van der Waals surface area contributed by atoms with E-state index in [1.807, 2.05) is 66.4 Å². The first-order valence-corrected chi connectivity index (χ1v) is 11.5. The minimum atomic E-state index is 0.0189. The summed E-state index contributed by atoms with van der Waals surface area (Å²) in [7, 11) is 0. The minimum absolute atomic E-state index is 0.0189. The second-order valence-electron chi connectivity index (χ2n) is 8.39. The van der Waals surface area contributed by atoms with Gasteiger partial charge in [-0.15, -0.1) is 0 Å². The summed E-state index contributed by atoms with van der Waals surface area (Å²) in [5, 5.41) is 5.29. The molecule has 0 spiro atoms. The van der Waals surface area contributed by atoms with E-state index in [-0.39, 0.29) is 17.7 Å². The van der Waals surface area contributed by atoms with Gasteiger partial charge in [0.15, 0.2) is 0 Å². The molecule has 1 N–H and O–H groups in total. The van der Waals surface area contributed by atoms with E-state index in [9.17, 15) is 9.59 Å². The lowest BCUT2D eigenvalue weighted by atomic mass is 9.95. The molecule has 4 rings (SSSR count). The molecule has 1 aliphatic rings. The van der Waals surface area contributed by atoms with E-state index in [1.165, 1.54) is 0 Å². The van der Waals surface area contributed by atoms with Crippen molar-refractivity contribution >= 4 is 28.3 Å². The third-order valence-corrected chi connectivity index (χ3v) is 6.30. The molecule has 1 saturated heterocycles. The van der Waals surface area contributed by atoms with Crippen LogP contribution in [0.3, 0.4) is 0 Å². The summed E-state index contributed by atoms with van der Waals surface area (Å²) in [6.45, 7) is 5.13. The summed E-state index contributed by atoms with van der Waals surface area (Å²) in [5.74, 6) is 0.243. The number of nitrogens with zero attached hydrogens (tertiary/aromatic N) is 2. The van der Waals surface area contributed by atoms with Gasteiger partial charge in [-0.25, -0.2) is 0 Å². The van der Waals surface area contributed by atoms with Crippen molar-refractivity contribution in [3.05, 3.63) is 78.4 Å². The zero-order valence-electron chi connectivity index (χ0n) is 18.7. The van der Waals surface area contributed by atoms with Gasteiger partial charge in [-0.3, -0.25) is 14.5 Å². The quantitative estimate of drug-likeness (QED) is 0.612. The first-order valence-electron chi connectivity index (χ1n) is 11.5. The maximum atomic E-state index is 13.2. The Morgan fingerprint density at radius 3 is 2.38 bits per heavy atom. The van der Waals surface area contributed by atoms with Crippen LogP contribution in [0.1, 0.15) is 25.3 Å². The molecule has 0 unspecified atom stereocenters. The molecule has 32 heavy (non-hydrogen) atoms. The van der Waals surface area contributed by atoms with Crippen molar-refractivity contribution in [3.63, 3.8) is 0 Å². The zero-order valence-corrected chi connectivity index (χ0v) is 18.7. The molecule has 1 fully saturated rings. The number of hydrogen-bond acceptors (Lipinski definition) is 3. The molecule has 1 heterocycles. The van der Waals surface area contributed by atoms with Crippen LogP contribution in [0.2, 0.25) is 0 Å². The van der Waals surface area contributed by atoms with Crippen LogP contribution < -0.4 is 10.2 Å². The molecule has 0 radical (unpaired) electrons. The fourth-order valence-corrected chi connectivity index (χ4v) is 4.48. The van der Waals surface area contributed by atoms with Gasteiger partial charge >= 0.3 is 0 Å². The third-order valence-electron chi connectivity index (χ3n) is 6.30. The molecular formula is C27H31N3O2. The van der Waals surface area contributed by atoms with Gasteiger partial charge in [0.2, 0.25) is 11.8 Å². The lowest BCUT2D eigenvalue weighted by molar-refractivity contribution is -0.126. The minimum Gasteiger partial charge on any atom is -0.352 e. The van der Waals surface area contributed by atoms with E-state index in [1.54, 1.807) is 0 Å². The topological polar surface area (TPSA) is 52.7 Å². The molecule has 0 saturated carbocycles. The molecule has 0 aliphatic carbocycles. The normalized spacial score (nSPS) is 14.9. The van der Waals surface area contributed by atoms with E-state index in [0.29, 0.717) is 19.6 Å². The van der Waals surface area contributed by atoms with Crippen molar-refractivity contribution in [2.75, 3.05) is 31.1 Å². The Labute approximate surface area is 190 Å². The number of likely N-dealkylation sites (tertiary alicyclic amines) is 1. The van der Waals surface area contributed by atoms with E-state index in [2.05, 4.69) is 28.4 Å². The van der Waals surface area contributed by atoms with Crippen LogP contribution in [0.25, 0.3) is 10.8 Å². The van der Waals surface area contributed by atoms with E-state index < -0.39 is 0 Å². The van der Waals surface area contributed by atoms with Gasteiger partial charge in [0, 0.05) is 24.4 Å². The summed E-state index contributed by atoms with van der Waals surface area (Å²) >= 11 is 0. The first-order chi connectivity index (χ1) is 15.7. The molecule has 5 nitrogen and oxygen atoms in total. The molecule has 5 heteroatoms.